The van der Waals surface area contributed by atoms with E-state index in [0.717, 1.165) is 16.9 Å². The molecule has 164 valence electrons. The molecule has 0 radical (unpaired) electrons. The van der Waals surface area contributed by atoms with Crippen LogP contribution >= 0.6 is 11.6 Å². The number of nitrogens with zero attached hydrogens (tertiary/aromatic N) is 3. The van der Waals surface area contributed by atoms with Crippen LogP contribution in [0.4, 0.5) is 13.2 Å². The molecular formula is C23H17ClF3N3O2. The van der Waals surface area contributed by atoms with Crippen LogP contribution in [0, 0.1) is 5.92 Å². The molecule has 32 heavy (non-hydrogen) atoms. The molecule has 1 aromatic carbocycles. The molecule has 0 atom stereocenters. The van der Waals surface area contributed by atoms with E-state index < -0.39 is 23.3 Å². The number of halogens is 4. The van der Waals surface area contributed by atoms with Gasteiger partial charge in [-0.25, -0.2) is 4.98 Å². The maximum Gasteiger partial charge on any atom is 0.420 e. The molecule has 9 heteroatoms. The molecule has 1 aliphatic heterocycles. The second kappa shape index (κ2) is 7.70. The first-order valence-electron chi connectivity index (χ1n) is 9.97. The van der Waals surface area contributed by atoms with Gasteiger partial charge in [0.15, 0.2) is 11.3 Å². The summed E-state index contributed by atoms with van der Waals surface area (Å²) in [6, 6.07) is 14.0. The highest BCUT2D eigenvalue weighted by molar-refractivity contribution is 6.33. The lowest BCUT2D eigenvalue weighted by Crippen LogP contribution is -2.50. The minimum atomic E-state index is -4.68. The molecule has 0 aliphatic carbocycles. The maximum atomic E-state index is 13.8. The van der Waals surface area contributed by atoms with Crippen molar-refractivity contribution in [2.24, 2.45) is 5.92 Å². The summed E-state index contributed by atoms with van der Waals surface area (Å²) in [4.78, 5) is 18.5. The Bertz CT molecular complexity index is 1280. The summed E-state index contributed by atoms with van der Waals surface area (Å²) in [5, 5.41) is -0.157. The summed E-state index contributed by atoms with van der Waals surface area (Å²) < 4.78 is 47.6. The smallest absolute Gasteiger partial charge is 0.420 e. The molecule has 1 aliphatic rings. The molecule has 4 heterocycles. The third-order valence-corrected chi connectivity index (χ3v) is 5.95. The van der Waals surface area contributed by atoms with Gasteiger partial charge in [-0.05, 0) is 36.1 Å². The van der Waals surface area contributed by atoms with Crippen molar-refractivity contribution < 1.29 is 22.4 Å². The molecule has 1 saturated heterocycles. The zero-order valence-corrected chi connectivity index (χ0v) is 17.4. The van der Waals surface area contributed by atoms with Crippen molar-refractivity contribution in [3.05, 3.63) is 83.0 Å². The number of carbonyl (C=O) groups excluding carboxylic acids is 1. The molecule has 0 bridgehead atoms. The summed E-state index contributed by atoms with van der Waals surface area (Å²) in [7, 11) is 0. The van der Waals surface area contributed by atoms with Crippen molar-refractivity contribution in [3.63, 3.8) is 0 Å². The van der Waals surface area contributed by atoms with Crippen molar-refractivity contribution in [3.8, 4) is 11.3 Å². The summed E-state index contributed by atoms with van der Waals surface area (Å²) in [6.45, 7) is 1.00. The number of benzene rings is 1. The summed E-state index contributed by atoms with van der Waals surface area (Å²) >= 11 is 6.35. The highest BCUT2D eigenvalue weighted by Crippen LogP contribution is 2.37. The predicted molar refractivity (Wildman–Crippen MR) is 112 cm³/mol. The molecule has 1 fully saturated rings. The van der Waals surface area contributed by atoms with E-state index in [2.05, 4.69) is 4.98 Å². The molecule has 5 nitrogen and oxygen atoms in total. The molecule has 4 aromatic rings. The largest absolute Gasteiger partial charge is 0.464 e. The SMILES string of the molecule is O=C(c1nc2c(C(F)(F)F)cc(-c3ccco3)cn2c1Cl)N1CC(Cc2ccccc2)C1. The Morgan fingerprint density at radius 3 is 2.56 bits per heavy atom. The van der Waals surface area contributed by atoms with E-state index in [9.17, 15) is 18.0 Å². The lowest BCUT2D eigenvalue weighted by molar-refractivity contribution is -0.136. The normalized spacial score (nSPS) is 14.7. The lowest BCUT2D eigenvalue weighted by atomic mass is 9.92. The number of alkyl halides is 3. The first-order valence-corrected chi connectivity index (χ1v) is 10.3. The maximum absolute atomic E-state index is 13.8. The van der Waals surface area contributed by atoms with Crippen molar-refractivity contribution in [2.45, 2.75) is 12.6 Å². The van der Waals surface area contributed by atoms with Crippen LogP contribution in [-0.4, -0.2) is 33.3 Å². The van der Waals surface area contributed by atoms with Gasteiger partial charge in [-0.3, -0.25) is 9.20 Å². The molecule has 3 aromatic heterocycles. The third-order valence-electron chi connectivity index (χ3n) is 5.59. The van der Waals surface area contributed by atoms with Crippen molar-refractivity contribution >= 4 is 23.2 Å². The Hall–Kier alpha value is -3.26. The van der Waals surface area contributed by atoms with Crippen LogP contribution in [0.1, 0.15) is 21.6 Å². The second-order valence-electron chi connectivity index (χ2n) is 7.83. The van der Waals surface area contributed by atoms with E-state index >= 15 is 0 Å². The first-order chi connectivity index (χ1) is 15.3. The quantitative estimate of drug-likeness (QED) is 0.400. The monoisotopic (exact) mass is 459 g/mol. The summed E-state index contributed by atoms with van der Waals surface area (Å²) in [6.07, 6.45) is -1.10. The van der Waals surface area contributed by atoms with Crippen molar-refractivity contribution in [1.82, 2.24) is 14.3 Å². The number of carbonyl (C=O) groups is 1. The molecule has 0 saturated carbocycles. The number of fused-ring (bicyclic) bond motifs is 1. The van der Waals surface area contributed by atoms with Crippen molar-refractivity contribution in [2.75, 3.05) is 13.1 Å². The Morgan fingerprint density at radius 1 is 1.16 bits per heavy atom. The summed E-state index contributed by atoms with van der Waals surface area (Å²) in [5.74, 6) is 0.0608. The predicted octanol–water partition coefficient (Wildman–Crippen LogP) is 5.58. The van der Waals surface area contributed by atoms with Gasteiger partial charge in [0.1, 0.15) is 10.9 Å². The number of imidazole rings is 1. The Balaban J connectivity index is 1.45. The Kier molecular flexibility index (Phi) is 4.97. The number of hydrogen-bond donors (Lipinski definition) is 0. The van der Waals surface area contributed by atoms with E-state index in [1.165, 1.54) is 18.0 Å². The highest BCUT2D eigenvalue weighted by atomic mass is 35.5. The van der Waals surface area contributed by atoms with Crippen molar-refractivity contribution in [1.29, 1.82) is 0 Å². The van der Waals surface area contributed by atoms with Crippen LogP contribution in [0.25, 0.3) is 17.0 Å². The molecule has 0 spiro atoms. The fourth-order valence-corrected chi connectivity index (χ4v) is 4.25. The minimum Gasteiger partial charge on any atom is -0.464 e. The average molecular weight is 460 g/mol. The van der Waals surface area contributed by atoms with Gasteiger partial charge in [0.2, 0.25) is 0 Å². The van der Waals surface area contributed by atoms with Gasteiger partial charge in [-0.2, -0.15) is 13.2 Å². The van der Waals surface area contributed by atoms with Crippen LogP contribution in [0.15, 0.2) is 65.4 Å². The Labute approximate surface area is 186 Å². The third kappa shape index (κ3) is 3.64. The molecule has 5 rings (SSSR count). The molecular weight excluding hydrogens is 443 g/mol. The van der Waals surface area contributed by atoms with Crippen LogP contribution in [0.2, 0.25) is 5.15 Å². The van der Waals surface area contributed by atoms with Gasteiger partial charge in [-0.1, -0.05) is 41.9 Å². The highest BCUT2D eigenvalue weighted by Gasteiger charge is 2.38. The zero-order valence-electron chi connectivity index (χ0n) is 16.6. The molecule has 0 unspecified atom stereocenters. The van der Waals surface area contributed by atoms with E-state index in [0.29, 0.717) is 13.1 Å². The minimum absolute atomic E-state index is 0.157. The fraction of sp³-hybridized carbons (Fsp3) is 0.217. The van der Waals surface area contributed by atoms with E-state index in [1.54, 1.807) is 17.0 Å². The summed E-state index contributed by atoms with van der Waals surface area (Å²) in [5.41, 5.74) is -0.233. The van der Waals surface area contributed by atoms with Crippen LogP contribution in [-0.2, 0) is 12.6 Å². The number of likely N-dealkylation sites (tertiary alicyclic amines) is 1. The van der Waals surface area contributed by atoms with Gasteiger partial charge in [0.25, 0.3) is 5.91 Å². The molecule has 0 N–H and O–H groups in total. The Morgan fingerprint density at radius 2 is 1.91 bits per heavy atom. The van der Waals surface area contributed by atoms with E-state index in [-0.39, 0.29) is 28.1 Å². The first kappa shape index (κ1) is 20.6. The van der Waals surface area contributed by atoms with Gasteiger partial charge in [-0.15, -0.1) is 0 Å². The topological polar surface area (TPSA) is 50.8 Å². The number of rotatable bonds is 4. The van der Waals surface area contributed by atoms with E-state index in [1.807, 2.05) is 30.3 Å². The van der Waals surface area contributed by atoms with Crippen LogP contribution in [0.3, 0.4) is 0 Å². The van der Waals surface area contributed by atoms with Crippen LogP contribution < -0.4 is 0 Å². The number of pyridine rings is 1. The number of aromatic nitrogens is 2. The molecule has 1 amide bonds. The number of amides is 1. The van der Waals surface area contributed by atoms with Gasteiger partial charge in [0, 0.05) is 24.8 Å². The average Bonchev–Trinajstić information content (AvgIpc) is 3.38. The van der Waals surface area contributed by atoms with E-state index in [4.69, 9.17) is 16.0 Å². The standard InChI is InChI=1S/C23H17ClF3N3O2/c24-20-19(22(31)29-11-15(12-29)9-14-5-2-1-3-6-14)28-21-17(23(25,26)27)10-16(13-30(20)21)18-7-4-8-32-18/h1-8,10,13,15H,9,11-12H2. The van der Waals surface area contributed by atoms with Gasteiger partial charge in [0.05, 0.1) is 11.8 Å². The van der Waals surface area contributed by atoms with Gasteiger partial charge < -0.3 is 9.32 Å². The number of hydrogen-bond acceptors (Lipinski definition) is 3. The second-order valence-corrected chi connectivity index (χ2v) is 8.19. The number of furan rings is 1. The fourth-order valence-electron chi connectivity index (χ4n) is 4.00. The van der Waals surface area contributed by atoms with Gasteiger partial charge >= 0.3 is 6.18 Å². The zero-order chi connectivity index (χ0) is 22.5. The van der Waals surface area contributed by atoms with Crippen LogP contribution in [0.5, 0.6) is 0 Å². The lowest BCUT2D eigenvalue weighted by Gasteiger charge is -2.39.